The van der Waals surface area contributed by atoms with Gasteiger partial charge in [-0.1, -0.05) is 0 Å². The third-order valence-corrected chi connectivity index (χ3v) is 2.29. The van der Waals surface area contributed by atoms with Crippen LogP contribution in [0.5, 0.6) is 5.88 Å². The van der Waals surface area contributed by atoms with E-state index in [2.05, 4.69) is 9.97 Å². The van der Waals surface area contributed by atoms with Crippen LogP contribution in [0.1, 0.15) is 21.9 Å². The maximum atomic E-state index is 10.8. The van der Waals surface area contributed by atoms with Crippen molar-refractivity contribution in [2.75, 3.05) is 14.2 Å². The molecule has 0 saturated heterocycles. The van der Waals surface area contributed by atoms with Crippen LogP contribution in [-0.4, -0.2) is 40.1 Å². The fourth-order valence-electron chi connectivity index (χ4n) is 1.64. The molecule has 0 unspecified atom stereocenters. The maximum Gasteiger partial charge on any atom is 0.374 e. The van der Waals surface area contributed by atoms with Crippen molar-refractivity contribution in [3.8, 4) is 5.88 Å². The van der Waals surface area contributed by atoms with E-state index in [9.17, 15) is 4.79 Å². The highest BCUT2D eigenvalue weighted by Gasteiger charge is 2.25. The Balaban J connectivity index is 2.52. The molecule has 1 aliphatic heterocycles. The molecular formula is C9H11N3O3. The Morgan fingerprint density at radius 1 is 1.47 bits per heavy atom. The van der Waals surface area contributed by atoms with Crippen LogP contribution in [0.2, 0.25) is 0 Å². The number of rotatable bonds is 2. The first-order chi connectivity index (χ1) is 7.11. The molecule has 15 heavy (non-hydrogen) atoms. The van der Waals surface area contributed by atoms with Crippen LogP contribution in [0.4, 0.5) is 0 Å². The van der Waals surface area contributed by atoms with Gasteiger partial charge in [-0.25, -0.2) is 9.78 Å². The van der Waals surface area contributed by atoms with Crippen LogP contribution < -0.4 is 4.74 Å². The molecule has 6 nitrogen and oxygen atoms in total. The molecule has 0 amide bonds. The number of ether oxygens (including phenoxy) is 1. The van der Waals surface area contributed by atoms with Crippen LogP contribution in [0.25, 0.3) is 0 Å². The van der Waals surface area contributed by atoms with Gasteiger partial charge in [0.25, 0.3) is 0 Å². The van der Waals surface area contributed by atoms with E-state index in [1.807, 2.05) is 11.9 Å². The SMILES string of the molecule is COc1nc(C(=O)O)nc2c1CN(C)C2. The Morgan fingerprint density at radius 3 is 2.80 bits per heavy atom. The molecule has 80 valence electrons. The lowest BCUT2D eigenvalue weighted by atomic mass is 10.2. The Kier molecular flexibility index (Phi) is 2.28. The normalized spacial score (nSPS) is 15.1. The summed E-state index contributed by atoms with van der Waals surface area (Å²) >= 11 is 0. The third-order valence-electron chi connectivity index (χ3n) is 2.29. The second-order valence-electron chi connectivity index (χ2n) is 3.46. The number of carboxylic acid groups (broad SMARTS) is 1. The lowest BCUT2D eigenvalue weighted by Crippen LogP contribution is -2.09. The zero-order chi connectivity index (χ0) is 11.0. The third kappa shape index (κ3) is 1.63. The smallest absolute Gasteiger partial charge is 0.374 e. The number of aromatic nitrogens is 2. The molecule has 0 bridgehead atoms. The lowest BCUT2D eigenvalue weighted by molar-refractivity contribution is 0.0682. The summed E-state index contributed by atoms with van der Waals surface area (Å²) in [7, 11) is 3.41. The molecule has 0 aromatic carbocycles. The zero-order valence-electron chi connectivity index (χ0n) is 8.52. The predicted octanol–water partition coefficient (Wildman–Crippen LogP) is 0.129. The molecular weight excluding hydrogens is 198 g/mol. The monoisotopic (exact) mass is 209 g/mol. The number of aromatic carboxylic acids is 1. The largest absolute Gasteiger partial charge is 0.481 e. The number of hydrogen-bond donors (Lipinski definition) is 1. The summed E-state index contributed by atoms with van der Waals surface area (Å²) in [6.07, 6.45) is 0. The summed E-state index contributed by atoms with van der Waals surface area (Å²) in [6, 6.07) is 0. The fourth-order valence-corrected chi connectivity index (χ4v) is 1.64. The van der Waals surface area contributed by atoms with E-state index >= 15 is 0 Å². The molecule has 1 N–H and O–H groups in total. The van der Waals surface area contributed by atoms with Gasteiger partial charge in [-0.05, 0) is 7.05 Å². The van der Waals surface area contributed by atoms with Crippen molar-refractivity contribution in [3.05, 3.63) is 17.1 Å². The van der Waals surface area contributed by atoms with Crippen molar-refractivity contribution in [1.29, 1.82) is 0 Å². The van der Waals surface area contributed by atoms with Crippen molar-refractivity contribution in [3.63, 3.8) is 0 Å². The summed E-state index contributed by atoms with van der Waals surface area (Å²) in [6.45, 7) is 1.33. The number of fused-ring (bicyclic) bond motifs is 1. The molecule has 1 aliphatic rings. The number of methoxy groups -OCH3 is 1. The van der Waals surface area contributed by atoms with Gasteiger partial charge in [0.2, 0.25) is 11.7 Å². The second kappa shape index (κ2) is 3.47. The highest BCUT2D eigenvalue weighted by Crippen LogP contribution is 2.26. The van der Waals surface area contributed by atoms with Gasteiger partial charge < -0.3 is 9.84 Å². The van der Waals surface area contributed by atoms with Crippen molar-refractivity contribution in [2.45, 2.75) is 13.1 Å². The standard InChI is InChI=1S/C9H11N3O3/c1-12-3-5-6(4-12)10-7(9(13)14)11-8(5)15-2/h3-4H2,1-2H3,(H,13,14). The molecule has 0 fully saturated rings. The fraction of sp³-hybridized carbons (Fsp3) is 0.444. The minimum atomic E-state index is -1.13. The van der Waals surface area contributed by atoms with Crippen LogP contribution >= 0.6 is 0 Å². The summed E-state index contributed by atoms with van der Waals surface area (Å²) in [5.41, 5.74) is 1.62. The average Bonchev–Trinajstić information content (AvgIpc) is 2.56. The van der Waals surface area contributed by atoms with Gasteiger partial charge in [0, 0.05) is 13.1 Å². The van der Waals surface area contributed by atoms with E-state index in [4.69, 9.17) is 9.84 Å². The zero-order valence-corrected chi connectivity index (χ0v) is 8.52. The molecule has 0 aliphatic carbocycles. The second-order valence-corrected chi connectivity index (χ2v) is 3.46. The number of carboxylic acids is 1. The van der Waals surface area contributed by atoms with Crippen LogP contribution in [-0.2, 0) is 13.1 Å². The molecule has 2 heterocycles. The molecule has 1 aromatic rings. The van der Waals surface area contributed by atoms with Crippen molar-refractivity contribution < 1.29 is 14.6 Å². The van der Waals surface area contributed by atoms with Crippen molar-refractivity contribution in [1.82, 2.24) is 14.9 Å². The van der Waals surface area contributed by atoms with E-state index in [1.54, 1.807) is 0 Å². The quantitative estimate of drug-likeness (QED) is 0.746. The van der Waals surface area contributed by atoms with E-state index in [1.165, 1.54) is 7.11 Å². The molecule has 6 heteroatoms. The van der Waals surface area contributed by atoms with Gasteiger partial charge in [0.05, 0.1) is 18.4 Å². The topological polar surface area (TPSA) is 75.5 Å². The Bertz CT molecular complexity index is 419. The van der Waals surface area contributed by atoms with E-state index in [0.717, 1.165) is 11.3 Å². The highest BCUT2D eigenvalue weighted by atomic mass is 16.5. The molecule has 0 atom stereocenters. The van der Waals surface area contributed by atoms with E-state index in [-0.39, 0.29) is 5.82 Å². The minimum Gasteiger partial charge on any atom is -0.481 e. The molecule has 0 saturated carbocycles. The number of hydrogen-bond acceptors (Lipinski definition) is 5. The van der Waals surface area contributed by atoms with Crippen LogP contribution in [0, 0.1) is 0 Å². The van der Waals surface area contributed by atoms with E-state index in [0.29, 0.717) is 19.0 Å². The van der Waals surface area contributed by atoms with Gasteiger partial charge in [0.1, 0.15) is 0 Å². The lowest BCUT2D eigenvalue weighted by Gasteiger charge is -2.05. The number of carbonyl (C=O) groups is 1. The van der Waals surface area contributed by atoms with E-state index < -0.39 is 5.97 Å². The van der Waals surface area contributed by atoms with Gasteiger partial charge in [0.15, 0.2) is 0 Å². The summed E-state index contributed by atoms with van der Waals surface area (Å²) in [5, 5.41) is 8.81. The Hall–Kier alpha value is -1.69. The van der Waals surface area contributed by atoms with Gasteiger partial charge in [-0.2, -0.15) is 4.98 Å². The van der Waals surface area contributed by atoms with Crippen molar-refractivity contribution >= 4 is 5.97 Å². The highest BCUT2D eigenvalue weighted by molar-refractivity contribution is 5.83. The van der Waals surface area contributed by atoms with Gasteiger partial charge >= 0.3 is 5.97 Å². The first kappa shape index (κ1) is 9.85. The van der Waals surface area contributed by atoms with Crippen LogP contribution in [0.3, 0.4) is 0 Å². The Morgan fingerprint density at radius 2 is 2.20 bits per heavy atom. The minimum absolute atomic E-state index is 0.207. The molecule has 0 radical (unpaired) electrons. The van der Waals surface area contributed by atoms with Crippen molar-refractivity contribution in [2.24, 2.45) is 0 Å². The summed E-state index contributed by atoms with van der Waals surface area (Å²) in [5.74, 6) is -0.978. The molecule has 1 aromatic heterocycles. The van der Waals surface area contributed by atoms with Crippen LogP contribution in [0.15, 0.2) is 0 Å². The van der Waals surface area contributed by atoms with Gasteiger partial charge in [-0.3, -0.25) is 4.90 Å². The number of nitrogens with zero attached hydrogens (tertiary/aromatic N) is 3. The maximum absolute atomic E-state index is 10.8. The summed E-state index contributed by atoms with van der Waals surface area (Å²) < 4.78 is 5.06. The average molecular weight is 209 g/mol. The molecule has 0 spiro atoms. The summed E-state index contributed by atoms with van der Waals surface area (Å²) in [4.78, 5) is 20.6. The first-order valence-electron chi connectivity index (χ1n) is 4.47. The Labute approximate surface area is 86.5 Å². The first-order valence-corrected chi connectivity index (χ1v) is 4.47. The molecule has 2 rings (SSSR count). The van der Waals surface area contributed by atoms with Gasteiger partial charge in [-0.15, -0.1) is 0 Å². The predicted molar refractivity (Wildman–Crippen MR) is 50.7 cm³/mol.